The van der Waals surface area contributed by atoms with E-state index in [-0.39, 0.29) is 12.5 Å². The third-order valence-corrected chi connectivity index (χ3v) is 4.71. The summed E-state index contributed by atoms with van der Waals surface area (Å²) in [6.45, 7) is 1.43. The summed E-state index contributed by atoms with van der Waals surface area (Å²) in [5.74, 6) is 1.55. The van der Waals surface area contributed by atoms with E-state index in [9.17, 15) is 4.79 Å². The third-order valence-electron chi connectivity index (χ3n) is 4.71. The monoisotopic (exact) mass is 323 g/mol. The molecular formula is C20H21NO3. The van der Waals surface area contributed by atoms with Gasteiger partial charge in [0.15, 0.2) is 0 Å². The van der Waals surface area contributed by atoms with E-state index in [1.54, 1.807) is 7.11 Å². The molecule has 4 heteroatoms. The molecule has 1 saturated carbocycles. The maximum Gasteiger partial charge on any atom is 0.253 e. The number of carbonyl (C=O) groups is 1. The van der Waals surface area contributed by atoms with Gasteiger partial charge in [-0.15, -0.1) is 0 Å². The molecule has 2 aromatic rings. The van der Waals surface area contributed by atoms with Crippen LogP contribution in [0.1, 0.15) is 18.4 Å². The second-order valence-electron chi connectivity index (χ2n) is 6.48. The number of benzene rings is 2. The van der Waals surface area contributed by atoms with Crippen LogP contribution in [0.2, 0.25) is 0 Å². The highest BCUT2D eigenvalue weighted by molar-refractivity contribution is 5.96. The maximum atomic E-state index is 12.4. The average molecular weight is 323 g/mol. The van der Waals surface area contributed by atoms with Crippen molar-refractivity contribution in [2.75, 3.05) is 25.2 Å². The highest BCUT2D eigenvalue weighted by atomic mass is 16.5. The highest BCUT2D eigenvalue weighted by Gasteiger charge is 2.30. The van der Waals surface area contributed by atoms with Crippen molar-refractivity contribution in [3.05, 3.63) is 48.0 Å². The number of rotatable bonds is 4. The van der Waals surface area contributed by atoms with Crippen LogP contribution in [0.5, 0.6) is 5.75 Å². The molecule has 0 aromatic heterocycles. The molecule has 24 heavy (non-hydrogen) atoms. The number of amides is 1. The average Bonchev–Trinajstić information content (AvgIpc) is 3.44. The zero-order valence-electron chi connectivity index (χ0n) is 13.8. The second-order valence-corrected chi connectivity index (χ2v) is 6.48. The molecule has 0 N–H and O–H groups in total. The minimum Gasteiger partial charge on any atom is -0.496 e. The van der Waals surface area contributed by atoms with Gasteiger partial charge < -0.3 is 14.4 Å². The smallest absolute Gasteiger partial charge is 0.253 e. The van der Waals surface area contributed by atoms with E-state index in [0.717, 1.165) is 34.7 Å². The second kappa shape index (κ2) is 6.29. The maximum absolute atomic E-state index is 12.4. The fourth-order valence-electron chi connectivity index (χ4n) is 3.23. The Morgan fingerprint density at radius 2 is 2.00 bits per heavy atom. The quantitative estimate of drug-likeness (QED) is 0.862. The Balaban J connectivity index is 1.73. The van der Waals surface area contributed by atoms with Crippen molar-refractivity contribution in [2.24, 2.45) is 5.92 Å². The largest absolute Gasteiger partial charge is 0.496 e. The lowest BCUT2D eigenvalue weighted by molar-refractivity contribution is -0.123. The van der Waals surface area contributed by atoms with Crippen LogP contribution in [-0.2, 0) is 16.1 Å². The molecule has 124 valence electrons. The number of methoxy groups -OCH3 is 1. The molecule has 0 bridgehead atoms. The van der Waals surface area contributed by atoms with Crippen molar-refractivity contribution < 1.29 is 14.3 Å². The van der Waals surface area contributed by atoms with Gasteiger partial charge in [-0.2, -0.15) is 0 Å². The van der Waals surface area contributed by atoms with Crippen molar-refractivity contribution in [3.63, 3.8) is 0 Å². The van der Waals surface area contributed by atoms with Gasteiger partial charge in [-0.25, -0.2) is 0 Å². The summed E-state index contributed by atoms with van der Waals surface area (Å²) in [6.07, 6.45) is 2.44. The number of anilines is 1. The molecule has 0 radical (unpaired) electrons. The summed E-state index contributed by atoms with van der Waals surface area (Å²) in [6, 6.07) is 14.2. The minimum absolute atomic E-state index is 0.0608. The van der Waals surface area contributed by atoms with Gasteiger partial charge >= 0.3 is 0 Å². The number of hydrogen-bond donors (Lipinski definition) is 0. The van der Waals surface area contributed by atoms with Crippen LogP contribution < -0.4 is 9.64 Å². The Bertz CT molecular complexity index is 767. The normalized spacial score (nSPS) is 17.4. The van der Waals surface area contributed by atoms with Gasteiger partial charge in [0, 0.05) is 23.4 Å². The van der Waals surface area contributed by atoms with Crippen LogP contribution in [0, 0.1) is 5.92 Å². The third kappa shape index (κ3) is 2.89. The summed E-state index contributed by atoms with van der Waals surface area (Å²) >= 11 is 0. The van der Waals surface area contributed by atoms with E-state index < -0.39 is 0 Å². The van der Waals surface area contributed by atoms with Crippen LogP contribution in [0.15, 0.2) is 42.5 Å². The van der Waals surface area contributed by atoms with Crippen molar-refractivity contribution in [3.8, 4) is 16.9 Å². The summed E-state index contributed by atoms with van der Waals surface area (Å²) in [5, 5.41) is 0. The zero-order chi connectivity index (χ0) is 16.5. The summed E-state index contributed by atoms with van der Waals surface area (Å²) in [7, 11) is 1.68. The molecule has 4 rings (SSSR count). The van der Waals surface area contributed by atoms with Gasteiger partial charge in [-0.3, -0.25) is 4.79 Å². The Labute approximate surface area is 142 Å². The first-order valence-electron chi connectivity index (χ1n) is 8.40. The number of carbonyl (C=O) groups excluding carboxylic acids is 1. The fourth-order valence-corrected chi connectivity index (χ4v) is 3.23. The predicted octanol–water partition coefficient (Wildman–Crippen LogP) is 3.64. The van der Waals surface area contributed by atoms with Crippen molar-refractivity contribution in [1.82, 2.24) is 0 Å². The van der Waals surface area contributed by atoms with Crippen LogP contribution in [0.4, 0.5) is 5.69 Å². The lowest BCUT2D eigenvalue weighted by Crippen LogP contribution is -2.34. The van der Waals surface area contributed by atoms with E-state index in [4.69, 9.17) is 9.47 Å². The van der Waals surface area contributed by atoms with Crippen LogP contribution >= 0.6 is 0 Å². The standard InChI is InChI=1S/C20H21NO3/c1-23-19-5-3-2-4-17(19)15-8-9-18-16(10-15)12-24-13-20(22)21(18)11-14-6-7-14/h2-5,8-10,14H,6-7,11-13H2,1H3. The van der Waals surface area contributed by atoms with Gasteiger partial charge in [0.25, 0.3) is 5.91 Å². The summed E-state index contributed by atoms with van der Waals surface area (Å²) < 4.78 is 11.1. The fraction of sp³-hybridized carbons (Fsp3) is 0.350. The topological polar surface area (TPSA) is 38.8 Å². The molecule has 2 aromatic carbocycles. The van der Waals surface area contributed by atoms with E-state index in [2.05, 4.69) is 12.1 Å². The molecule has 1 fully saturated rings. The number of hydrogen-bond acceptors (Lipinski definition) is 3. The van der Waals surface area contributed by atoms with E-state index in [0.29, 0.717) is 12.5 Å². The Kier molecular flexibility index (Phi) is 3.98. The Morgan fingerprint density at radius 1 is 1.17 bits per heavy atom. The lowest BCUT2D eigenvalue weighted by atomic mass is 10.0. The summed E-state index contributed by atoms with van der Waals surface area (Å²) in [5.41, 5.74) is 4.18. The summed E-state index contributed by atoms with van der Waals surface area (Å²) in [4.78, 5) is 14.3. The number of para-hydroxylation sites is 1. The molecule has 1 aliphatic heterocycles. The first kappa shape index (κ1) is 15.2. The van der Waals surface area contributed by atoms with E-state index >= 15 is 0 Å². The van der Waals surface area contributed by atoms with Gasteiger partial charge in [0.05, 0.1) is 13.7 Å². The van der Waals surface area contributed by atoms with E-state index in [1.807, 2.05) is 35.2 Å². The van der Waals surface area contributed by atoms with Gasteiger partial charge in [0.1, 0.15) is 12.4 Å². The first-order chi connectivity index (χ1) is 11.8. The molecule has 0 spiro atoms. The molecule has 2 aliphatic rings. The number of fused-ring (bicyclic) bond motifs is 1. The van der Waals surface area contributed by atoms with Crippen LogP contribution in [0.25, 0.3) is 11.1 Å². The molecule has 0 unspecified atom stereocenters. The van der Waals surface area contributed by atoms with Crippen molar-refractivity contribution in [2.45, 2.75) is 19.4 Å². The van der Waals surface area contributed by atoms with E-state index in [1.165, 1.54) is 12.8 Å². The molecule has 0 atom stereocenters. The zero-order valence-corrected chi connectivity index (χ0v) is 13.8. The first-order valence-corrected chi connectivity index (χ1v) is 8.40. The molecule has 1 amide bonds. The van der Waals surface area contributed by atoms with Crippen LogP contribution in [-0.4, -0.2) is 26.2 Å². The molecular weight excluding hydrogens is 302 g/mol. The Hall–Kier alpha value is -2.33. The number of nitrogens with zero attached hydrogens (tertiary/aromatic N) is 1. The lowest BCUT2D eigenvalue weighted by Gasteiger charge is -2.23. The number of ether oxygens (including phenoxy) is 2. The predicted molar refractivity (Wildman–Crippen MR) is 93.2 cm³/mol. The molecule has 1 heterocycles. The minimum atomic E-state index is 0.0608. The molecule has 4 nitrogen and oxygen atoms in total. The van der Waals surface area contributed by atoms with Crippen LogP contribution in [0.3, 0.4) is 0 Å². The molecule has 1 aliphatic carbocycles. The molecule has 0 saturated heterocycles. The van der Waals surface area contributed by atoms with Gasteiger partial charge in [-0.1, -0.05) is 24.3 Å². The van der Waals surface area contributed by atoms with Crippen molar-refractivity contribution in [1.29, 1.82) is 0 Å². The Morgan fingerprint density at radius 3 is 2.79 bits per heavy atom. The van der Waals surface area contributed by atoms with Gasteiger partial charge in [-0.05, 0) is 42.5 Å². The van der Waals surface area contributed by atoms with Crippen molar-refractivity contribution >= 4 is 11.6 Å². The van der Waals surface area contributed by atoms with Gasteiger partial charge in [0.2, 0.25) is 0 Å². The highest BCUT2D eigenvalue weighted by Crippen LogP contribution is 2.37. The SMILES string of the molecule is COc1ccccc1-c1ccc2c(c1)COCC(=O)N2CC1CC1.